The standard InChI is InChI=1S/C15H16BrN3O/c16-11-8-10-4-3-6-12(14(10)18-9-11)19-15(20)13-5-1-2-7-17-13/h3-4,6,8-9,13,17H,1-2,5,7H2,(H,19,20)/t13-/m1/s1. The van der Waals surface area contributed by atoms with Crippen molar-refractivity contribution in [1.29, 1.82) is 0 Å². The van der Waals surface area contributed by atoms with Gasteiger partial charge in [-0.1, -0.05) is 18.6 Å². The summed E-state index contributed by atoms with van der Waals surface area (Å²) in [5, 5.41) is 7.26. The van der Waals surface area contributed by atoms with Gasteiger partial charge in [0.1, 0.15) is 0 Å². The van der Waals surface area contributed by atoms with Crippen LogP contribution in [0.5, 0.6) is 0 Å². The Labute approximate surface area is 126 Å². The van der Waals surface area contributed by atoms with Crippen molar-refractivity contribution in [2.45, 2.75) is 25.3 Å². The van der Waals surface area contributed by atoms with Gasteiger partial charge in [0.15, 0.2) is 0 Å². The third kappa shape index (κ3) is 2.83. The van der Waals surface area contributed by atoms with Crippen LogP contribution < -0.4 is 10.6 Å². The van der Waals surface area contributed by atoms with Crippen LogP contribution in [0.25, 0.3) is 10.9 Å². The number of fused-ring (bicyclic) bond motifs is 1. The van der Waals surface area contributed by atoms with Crippen molar-refractivity contribution in [3.8, 4) is 0 Å². The zero-order chi connectivity index (χ0) is 13.9. The second-order valence-corrected chi connectivity index (χ2v) is 5.94. The van der Waals surface area contributed by atoms with Crippen molar-refractivity contribution in [3.63, 3.8) is 0 Å². The van der Waals surface area contributed by atoms with E-state index in [-0.39, 0.29) is 11.9 Å². The van der Waals surface area contributed by atoms with Gasteiger partial charge in [-0.15, -0.1) is 0 Å². The van der Waals surface area contributed by atoms with Gasteiger partial charge >= 0.3 is 0 Å². The minimum Gasteiger partial charge on any atom is -0.323 e. The molecule has 1 fully saturated rings. The lowest BCUT2D eigenvalue weighted by Gasteiger charge is -2.22. The molecule has 1 amide bonds. The van der Waals surface area contributed by atoms with Gasteiger partial charge in [0.2, 0.25) is 5.91 Å². The van der Waals surface area contributed by atoms with E-state index in [0.29, 0.717) is 0 Å². The highest BCUT2D eigenvalue weighted by Gasteiger charge is 2.21. The second kappa shape index (κ2) is 5.89. The molecule has 2 aromatic rings. The summed E-state index contributed by atoms with van der Waals surface area (Å²) in [6.07, 6.45) is 4.89. The topological polar surface area (TPSA) is 54.0 Å². The molecule has 1 saturated heterocycles. The van der Waals surface area contributed by atoms with Crippen LogP contribution in [0.2, 0.25) is 0 Å². The first-order valence-corrected chi connectivity index (χ1v) is 7.62. The minimum atomic E-state index is -0.0885. The summed E-state index contributed by atoms with van der Waals surface area (Å²) in [7, 11) is 0. The predicted molar refractivity (Wildman–Crippen MR) is 83.7 cm³/mol. The van der Waals surface area contributed by atoms with Crippen LogP contribution >= 0.6 is 15.9 Å². The van der Waals surface area contributed by atoms with Crippen molar-refractivity contribution in [1.82, 2.24) is 10.3 Å². The molecule has 1 aromatic carbocycles. The van der Waals surface area contributed by atoms with Crippen molar-refractivity contribution in [3.05, 3.63) is 34.9 Å². The average molecular weight is 334 g/mol. The van der Waals surface area contributed by atoms with Gasteiger partial charge in [-0.05, 0) is 47.4 Å². The van der Waals surface area contributed by atoms with Crippen LogP contribution in [0, 0.1) is 0 Å². The number of hydrogen-bond acceptors (Lipinski definition) is 3. The largest absolute Gasteiger partial charge is 0.323 e. The first-order chi connectivity index (χ1) is 9.74. The fourth-order valence-electron chi connectivity index (χ4n) is 2.53. The van der Waals surface area contributed by atoms with Gasteiger partial charge in [-0.25, -0.2) is 0 Å². The van der Waals surface area contributed by atoms with Gasteiger partial charge in [0, 0.05) is 16.1 Å². The number of hydrogen-bond donors (Lipinski definition) is 2. The molecule has 1 atom stereocenters. The molecule has 4 nitrogen and oxygen atoms in total. The average Bonchev–Trinajstić information content (AvgIpc) is 2.48. The van der Waals surface area contributed by atoms with Crippen LogP contribution in [-0.4, -0.2) is 23.5 Å². The molecule has 3 rings (SSSR count). The van der Waals surface area contributed by atoms with Gasteiger partial charge in [-0.3, -0.25) is 9.78 Å². The van der Waals surface area contributed by atoms with E-state index in [2.05, 4.69) is 31.5 Å². The molecule has 1 aromatic heterocycles. The number of piperidine rings is 1. The number of pyridine rings is 1. The Kier molecular flexibility index (Phi) is 3.98. The number of rotatable bonds is 2. The van der Waals surface area contributed by atoms with E-state index in [9.17, 15) is 4.79 Å². The molecule has 0 spiro atoms. The predicted octanol–water partition coefficient (Wildman–Crippen LogP) is 3.08. The van der Waals surface area contributed by atoms with Crippen molar-refractivity contribution >= 4 is 38.4 Å². The molecule has 1 aliphatic heterocycles. The Morgan fingerprint density at radius 2 is 2.30 bits per heavy atom. The van der Waals surface area contributed by atoms with E-state index in [1.54, 1.807) is 6.20 Å². The third-order valence-corrected chi connectivity index (χ3v) is 4.00. The van der Waals surface area contributed by atoms with Crippen molar-refractivity contribution < 1.29 is 4.79 Å². The van der Waals surface area contributed by atoms with Gasteiger partial charge in [0.05, 0.1) is 17.2 Å². The number of aromatic nitrogens is 1. The zero-order valence-electron chi connectivity index (χ0n) is 11.0. The molecule has 1 aliphatic rings. The molecule has 104 valence electrons. The maximum absolute atomic E-state index is 12.3. The van der Waals surface area contributed by atoms with Gasteiger partial charge in [0.25, 0.3) is 0 Å². The first-order valence-electron chi connectivity index (χ1n) is 6.82. The number of anilines is 1. The van der Waals surface area contributed by atoms with E-state index >= 15 is 0 Å². The maximum atomic E-state index is 12.3. The molecular formula is C15H16BrN3O. The van der Waals surface area contributed by atoms with Crippen molar-refractivity contribution in [2.75, 3.05) is 11.9 Å². The maximum Gasteiger partial charge on any atom is 0.241 e. The molecule has 2 N–H and O–H groups in total. The summed E-state index contributed by atoms with van der Waals surface area (Å²) in [6.45, 7) is 0.915. The summed E-state index contributed by atoms with van der Waals surface area (Å²) in [4.78, 5) is 16.7. The van der Waals surface area contributed by atoms with E-state index in [1.807, 2.05) is 24.3 Å². The van der Waals surface area contributed by atoms with Crippen LogP contribution in [0.1, 0.15) is 19.3 Å². The number of amides is 1. The lowest BCUT2D eigenvalue weighted by atomic mass is 10.0. The van der Waals surface area contributed by atoms with E-state index in [4.69, 9.17) is 0 Å². The normalized spacial score (nSPS) is 18.9. The third-order valence-electron chi connectivity index (χ3n) is 3.56. The van der Waals surface area contributed by atoms with E-state index in [1.165, 1.54) is 0 Å². The Balaban J connectivity index is 1.85. The van der Waals surface area contributed by atoms with Crippen LogP contribution in [-0.2, 0) is 4.79 Å². The van der Waals surface area contributed by atoms with Crippen LogP contribution in [0.4, 0.5) is 5.69 Å². The molecule has 0 aliphatic carbocycles. The summed E-state index contributed by atoms with van der Waals surface area (Å²) < 4.78 is 0.933. The summed E-state index contributed by atoms with van der Waals surface area (Å²) in [5.74, 6) is 0.0296. The fraction of sp³-hybridized carbons (Fsp3) is 0.333. The number of benzene rings is 1. The Morgan fingerprint density at radius 3 is 3.10 bits per heavy atom. The molecule has 0 saturated carbocycles. The highest BCUT2D eigenvalue weighted by molar-refractivity contribution is 9.10. The highest BCUT2D eigenvalue weighted by atomic mass is 79.9. The molecule has 20 heavy (non-hydrogen) atoms. The molecular weight excluding hydrogens is 318 g/mol. The van der Waals surface area contributed by atoms with Gasteiger partial charge in [-0.2, -0.15) is 0 Å². The zero-order valence-corrected chi connectivity index (χ0v) is 12.6. The number of para-hydroxylation sites is 1. The Bertz CT molecular complexity index is 638. The Hall–Kier alpha value is -1.46. The highest BCUT2D eigenvalue weighted by Crippen LogP contribution is 2.24. The molecule has 0 radical (unpaired) electrons. The summed E-state index contributed by atoms with van der Waals surface area (Å²) in [5.41, 5.74) is 1.59. The minimum absolute atomic E-state index is 0.0296. The quantitative estimate of drug-likeness (QED) is 0.887. The smallest absolute Gasteiger partial charge is 0.241 e. The van der Waals surface area contributed by atoms with Crippen molar-refractivity contribution in [2.24, 2.45) is 0 Å². The second-order valence-electron chi connectivity index (χ2n) is 5.02. The molecule has 5 heteroatoms. The SMILES string of the molecule is O=C(Nc1cccc2cc(Br)cnc12)[C@H]1CCCCN1. The molecule has 2 heterocycles. The van der Waals surface area contributed by atoms with Crippen LogP contribution in [0.3, 0.4) is 0 Å². The number of nitrogens with zero attached hydrogens (tertiary/aromatic N) is 1. The summed E-state index contributed by atoms with van der Waals surface area (Å²) in [6, 6.07) is 7.72. The number of carbonyl (C=O) groups excluding carboxylic acids is 1. The van der Waals surface area contributed by atoms with E-state index < -0.39 is 0 Å². The lowest BCUT2D eigenvalue weighted by Crippen LogP contribution is -2.43. The van der Waals surface area contributed by atoms with E-state index in [0.717, 1.165) is 46.9 Å². The number of carbonyl (C=O) groups is 1. The number of halogens is 1. The first kappa shape index (κ1) is 13.5. The van der Waals surface area contributed by atoms with Gasteiger partial charge < -0.3 is 10.6 Å². The molecule has 0 bridgehead atoms. The molecule has 0 unspecified atom stereocenters. The van der Waals surface area contributed by atoms with Crippen LogP contribution in [0.15, 0.2) is 34.9 Å². The Morgan fingerprint density at radius 1 is 1.40 bits per heavy atom. The lowest BCUT2D eigenvalue weighted by molar-refractivity contribution is -0.118. The monoisotopic (exact) mass is 333 g/mol. The summed E-state index contributed by atoms with van der Waals surface area (Å²) >= 11 is 3.41. The number of nitrogens with one attached hydrogen (secondary N) is 2. The fourth-order valence-corrected chi connectivity index (χ4v) is 2.88.